The van der Waals surface area contributed by atoms with Crippen LogP contribution in [-0.2, 0) is 10.0 Å². The fourth-order valence-electron chi connectivity index (χ4n) is 2.67. The summed E-state index contributed by atoms with van der Waals surface area (Å²) in [5.74, 6) is -0.657. The van der Waals surface area contributed by atoms with E-state index >= 15 is 0 Å². The number of benzene rings is 2. The van der Waals surface area contributed by atoms with Crippen molar-refractivity contribution in [1.29, 1.82) is 0 Å². The van der Waals surface area contributed by atoms with Gasteiger partial charge in [0.15, 0.2) is 0 Å². The molecule has 0 saturated carbocycles. The van der Waals surface area contributed by atoms with Gasteiger partial charge < -0.3 is 0 Å². The third-order valence-electron chi connectivity index (χ3n) is 4.42. The number of sulfonamides is 1. The number of nitrogens with one attached hydrogen (secondary N) is 1. The van der Waals surface area contributed by atoms with E-state index < -0.39 is 15.9 Å². The number of carbonyl (C=O) groups excluding carboxylic acids is 1. The van der Waals surface area contributed by atoms with Crippen LogP contribution in [0.15, 0.2) is 52.5 Å². The lowest BCUT2D eigenvalue weighted by Crippen LogP contribution is -2.30. The molecule has 0 atom stereocenters. The summed E-state index contributed by atoms with van der Waals surface area (Å²) in [4.78, 5) is 12.4. The van der Waals surface area contributed by atoms with E-state index in [0.717, 1.165) is 35.5 Å². The van der Waals surface area contributed by atoms with Crippen LogP contribution >= 0.6 is 0 Å². The predicted octanol–water partition coefficient (Wildman–Crippen LogP) is 3.01. The monoisotopic (exact) mass is 371 g/mol. The summed E-state index contributed by atoms with van der Waals surface area (Å²) >= 11 is 0. The Bertz CT molecular complexity index is 980. The maximum absolute atomic E-state index is 12.4. The number of hydrazone groups is 1. The minimum Gasteiger partial charge on any atom is -0.268 e. The number of rotatable bonds is 4. The molecule has 136 valence electrons. The van der Waals surface area contributed by atoms with Crippen LogP contribution in [0.3, 0.4) is 0 Å². The molecule has 1 aliphatic rings. The third kappa shape index (κ3) is 3.77. The van der Waals surface area contributed by atoms with Gasteiger partial charge >= 0.3 is 0 Å². The molecule has 1 heterocycles. The number of anilines is 1. The van der Waals surface area contributed by atoms with Gasteiger partial charge in [-0.2, -0.15) is 5.10 Å². The van der Waals surface area contributed by atoms with Crippen molar-refractivity contribution in [3.63, 3.8) is 0 Å². The largest absolute Gasteiger partial charge is 0.268 e. The van der Waals surface area contributed by atoms with Crippen molar-refractivity contribution in [1.82, 2.24) is 4.72 Å². The lowest BCUT2D eigenvalue weighted by atomic mass is 10.1. The van der Waals surface area contributed by atoms with Gasteiger partial charge in [0.1, 0.15) is 0 Å². The molecule has 0 unspecified atom stereocenters. The summed E-state index contributed by atoms with van der Waals surface area (Å²) in [6.45, 7) is 6.51. The molecular formula is C19H21N3O3S. The molecule has 1 N–H and O–H groups in total. The highest BCUT2D eigenvalue weighted by Gasteiger charge is 2.20. The smallest absolute Gasteiger partial charge is 0.264 e. The van der Waals surface area contributed by atoms with E-state index in [2.05, 4.69) is 9.82 Å². The quantitative estimate of drug-likeness (QED) is 0.896. The first-order valence-corrected chi connectivity index (χ1v) is 9.81. The molecule has 2 aromatic rings. The molecule has 7 heteroatoms. The standard InChI is InChI=1S/C19H21N3O3S/c1-13-4-9-18(12-14(13)2)26(24,25)21-19(23)16-5-7-17(8-6-16)22-11-10-15(3)20-22/h4-9,12H,10-11H2,1-3H3,(H,21,23). The number of hydrogen-bond acceptors (Lipinski definition) is 5. The van der Waals surface area contributed by atoms with Crippen molar-refractivity contribution in [2.75, 3.05) is 11.6 Å². The highest BCUT2D eigenvalue weighted by Crippen LogP contribution is 2.20. The Hall–Kier alpha value is -2.67. The minimum atomic E-state index is -3.91. The van der Waals surface area contributed by atoms with E-state index in [1.165, 1.54) is 6.07 Å². The fraction of sp³-hybridized carbons (Fsp3) is 0.263. The van der Waals surface area contributed by atoms with Crippen molar-refractivity contribution in [2.45, 2.75) is 32.1 Å². The average molecular weight is 371 g/mol. The zero-order valence-electron chi connectivity index (χ0n) is 15.0. The van der Waals surface area contributed by atoms with Gasteiger partial charge in [0, 0.05) is 24.2 Å². The molecule has 0 fully saturated rings. The van der Waals surface area contributed by atoms with Crippen molar-refractivity contribution >= 4 is 27.3 Å². The topological polar surface area (TPSA) is 78.8 Å². The summed E-state index contributed by atoms with van der Waals surface area (Å²) in [5, 5.41) is 6.27. The summed E-state index contributed by atoms with van der Waals surface area (Å²) in [6, 6.07) is 11.5. The molecule has 0 radical (unpaired) electrons. The molecule has 1 aliphatic heterocycles. The fourth-order valence-corrected chi connectivity index (χ4v) is 3.73. The SMILES string of the molecule is CC1=NN(c2ccc(C(=O)NS(=O)(=O)c3ccc(C)c(C)c3)cc2)CC1. The van der Waals surface area contributed by atoms with E-state index in [0.29, 0.717) is 0 Å². The second kappa shape index (κ2) is 6.92. The second-order valence-corrected chi connectivity index (χ2v) is 8.12. The Morgan fingerprint density at radius 1 is 1.04 bits per heavy atom. The van der Waals surface area contributed by atoms with E-state index in [1.54, 1.807) is 36.4 Å². The van der Waals surface area contributed by atoms with Gasteiger partial charge in [0.2, 0.25) is 0 Å². The zero-order valence-corrected chi connectivity index (χ0v) is 15.8. The molecule has 6 nitrogen and oxygen atoms in total. The van der Waals surface area contributed by atoms with Crippen molar-refractivity contribution in [2.24, 2.45) is 5.10 Å². The molecule has 26 heavy (non-hydrogen) atoms. The zero-order chi connectivity index (χ0) is 18.9. The molecule has 2 aromatic carbocycles. The maximum atomic E-state index is 12.4. The highest BCUT2D eigenvalue weighted by atomic mass is 32.2. The van der Waals surface area contributed by atoms with Crippen LogP contribution in [0.4, 0.5) is 5.69 Å². The summed E-state index contributed by atoms with van der Waals surface area (Å²) in [7, 11) is -3.91. The van der Waals surface area contributed by atoms with E-state index in [1.807, 2.05) is 25.8 Å². The Kier molecular flexibility index (Phi) is 4.82. The molecule has 0 spiro atoms. The van der Waals surface area contributed by atoms with E-state index in [9.17, 15) is 13.2 Å². The average Bonchev–Trinajstić information content (AvgIpc) is 3.03. The first kappa shape index (κ1) is 18.1. The number of nitrogens with zero attached hydrogens (tertiary/aromatic N) is 2. The Morgan fingerprint density at radius 3 is 2.31 bits per heavy atom. The summed E-state index contributed by atoms with van der Waals surface area (Å²) < 4.78 is 27.0. The van der Waals surface area contributed by atoms with Crippen LogP contribution in [0.2, 0.25) is 0 Å². The number of carbonyl (C=O) groups is 1. The van der Waals surface area contributed by atoms with E-state index in [-0.39, 0.29) is 10.5 Å². The number of aryl methyl sites for hydroxylation is 2. The summed E-state index contributed by atoms with van der Waals surface area (Å²) in [5.41, 5.74) is 4.06. The van der Waals surface area contributed by atoms with E-state index in [4.69, 9.17) is 0 Å². The molecule has 3 rings (SSSR count). The third-order valence-corrected chi connectivity index (χ3v) is 5.75. The summed E-state index contributed by atoms with van der Waals surface area (Å²) in [6.07, 6.45) is 0.913. The predicted molar refractivity (Wildman–Crippen MR) is 102 cm³/mol. The first-order valence-electron chi connectivity index (χ1n) is 8.32. The van der Waals surface area contributed by atoms with Crippen LogP contribution in [-0.4, -0.2) is 26.6 Å². The molecular weight excluding hydrogens is 350 g/mol. The minimum absolute atomic E-state index is 0.0763. The van der Waals surface area contributed by atoms with Crippen LogP contribution in [0.5, 0.6) is 0 Å². The first-order chi connectivity index (χ1) is 12.3. The highest BCUT2D eigenvalue weighted by molar-refractivity contribution is 7.90. The molecule has 0 aliphatic carbocycles. The molecule has 0 saturated heterocycles. The normalized spacial score (nSPS) is 14.3. The van der Waals surface area contributed by atoms with Crippen LogP contribution in [0.1, 0.15) is 34.8 Å². The molecule has 1 amide bonds. The van der Waals surface area contributed by atoms with Gasteiger partial charge in [-0.25, -0.2) is 13.1 Å². The van der Waals surface area contributed by atoms with Gasteiger partial charge in [0.25, 0.3) is 15.9 Å². The maximum Gasteiger partial charge on any atom is 0.264 e. The van der Waals surface area contributed by atoms with Crippen LogP contribution in [0, 0.1) is 13.8 Å². The van der Waals surface area contributed by atoms with Crippen molar-refractivity contribution in [3.8, 4) is 0 Å². The van der Waals surface area contributed by atoms with Gasteiger partial charge in [-0.1, -0.05) is 6.07 Å². The lowest BCUT2D eigenvalue weighted by molar-refractivity contribution is 0.0981. The van der Waals surface area contributed by atoms with Crippen LogP contribution < -0.4 is 9.73 Å². The second-order valence-electron chi connectivity index (χ2n) is 6.44. The van der Waals surface area contributed by atoms with Crippen LogP contribution in [0.25, 0.3) is 0 Å². The molecule has 0 bridgehead atoms. The number of amides is 1. The van der Waals surface area contributed by atoms with Gasteiger partial charge in [-0.3, -0.25) is 9.80 Å². The molecule has 0 aromatic heterocycles. The van der Waals surface area contributed by atoms with Gasteiger partial charge in [-0.15, -0.1) is 0 Å². The van der Waals surface area contributed by atoms with Gasteiger partial charge in [-0.05, 0) is 68.3 Å². The Balaban J connectivity index is 1.76. The van der Waals surface area contributed by atoms with Gasteiger partial charge in [0.05, 0.1) is 10.6 Å². The van der Waals surface area contributed by atoms with Crippen molar-refractivity contribution < 1.29 is 13.2 Å². The van der Waals surface area contributed by atoms with Crippen molar-refractivity contribution in [3.05, 3.63) is 59.2 Å². The Labute approximate surface area is 153 Å². The number of hydrogen-bond donors (Lipinski definition) is 1. The lowest BCUT2D eigenvalue weighted by Gasteiger charge is -2.14. The Morgan fingerprint density at radius 2 is 1.73 bits per heavy atom.